The van der Waals surface area contributed by atoms with Crippen LogP contribution < -0.4 is 0 Å². The number of benzene rings is 1. The molecule has 1 N–H and O–H groups in total. The van der Waals surface area contributed by atoms with Crippen LogP contribution in [0, 0.1) is 0 Å². The summed E-state index contributed by atoms with van der Waals surface area (Å²) >= 11 is 8.98. The lowest BCUT2D eigenvalue weighted by atomic mass is 10.2. The van der Waals surface area contributed by atoms with E-state index < -0.39 is 5.97 Å². The van der Waals surface area contributed by atoms with Crippen LogP contribution in [0.4, 0.5) is 0 Å². The Morgan fingerprint density at radius 3 is 2.85 bits per heavy atom. The van der Waals surface area contributed by atoms with Crippen LogP contribution in [0.1, 0.15) is 39.1 Å². The maximum Gasteiger partial charge on any atom is 0.347 e. The molecule has 104 valence electrons. The molecule has 1 saturated carbocycles. The number of halogens is 1. The highest BCUT2D eigenvalue weighted by molar-refractivity contribution is 7.98. The number of aromatic nitrogens is 1. The summed E-state index contributed by atoms with van der Waals surface area (Å²) in [6.07, 6.45) is 2.11. The predicted molar refractivity (Wildman–Crippen MR) is 82.1 cm³/mol. The van der Waals surface area contributed by atoms with Gasteiger partial charge in [-0.15, -0.1) is 23.1 Å². The third-order valence-corrected chi connectivity index (χ3v) is 5.81. The van der Waals surface area contributed by atoms with Crippen LogP contribution in [-0.4, -0.2) is 16.1 Å². The topological polar surface area (TPSA) is 50.2 Å². The van der Waals surface area contributed by atoms with Gasteiger partial charge >= 0.3 is 5.97 Å². The minimum Gasteiger partial charge on any atom is -0.477 e. The fourth-order valence-corrected chi connectivity index (χ4v) is 4.15. The summed E-state index contributed by atoms with van der Waals surface area (Å²) < 4.78 is 0. The van der Waals surface area contributed by atoms with Gasteiger partial charge in [-0.05, 0) is 25.0 Å². The van der Waals surface area contributed by atoms with E-state index in [0.29, 0.717) is 16.5 Å². The van der Waals surface area contributed by atoms with Crippen LogP contribution in [0.2, 0.25) is 5.02 Å². The molecule has 1 aromatic heterocycles. The van der Waals surface area contributed by atoms with Gasteiger partial charge in [-0.1, -0.05) is 23.7 Å². The highest BCUT2D eigenvalue weighted by Crippen LogP contribution is 2.43. The third kappa shape index (κ3) is 3.00. The van der Waals surface area contributed by atoms with E-state index in [4.69, 9.17) is 11.6 Å². The van der Waals surface area contributed by atoms with E-state index in [9.17, 15) is 9.90 Å². The van der Waals surface area contributed by atoms with Crippen molar-refractivity contribution in [3.63, 3.8) is 0 Å². The first kappa shape index (κ1) is 13.9. The Labute approximate surface area is 130 Å². The number of carboxylic acid groups (broad SMARTS) is 1. The Kier molecular flexibility index (Phi) is 4.01. The number of nitrogens with zero attached hydrogens (tertiary/aromatic N) is 1. The highest BCUT2D eigenvalue weighted by Gasteiger charge is 2.31. The van der Waals surface area contributed by atoms with Gasteiger partial charge < -0.3 is 5.11 Å². The molecule has 0 saturated heterocycles. The van der Waals surface area contributed by atoms with Gasteiger partial charge in [-0.2, -0.15) is 0 Å². The average Bonchev–Trinajstić information content (AvgIpc) is 3.18. The smallest absolute Gasteiger partial charge is 0.347 e. The van der Waals surface area contributed by atoms with Gasteiger partial charge in [0.05, 0.1) is 16.5 Å². The molecule has 6 heteroatoms. The molecule has 20 heavy (non-hydrogen) atoms. The van der Waals surface area contributed by atoms with Gasteiger partial charge in [-0.25, -0.2) is 9.78 Å². The highest BCUT2D eigenvalue weighted by atomic mass is 35.5. The fourth-order valence-electron chi connectivity index (χ4n) is 1.93. The molecule has 1 aliphatic carbocycles. The van der Waals surface area contributed by atoms with E-state index in [0.717, 1.165) is 33.5 Å². The first-order chi connectivity index (χ1) is 9.65. The lowest BCUT2D eigenvalue weighted by molar-refractivity contribution is 0.0700. The molecule has 0 radical (unpaired) electrons. The summed E-state index contributed by atoms with van der Waals surface area (Å²) in [5.74, 6) is 0.149. The van der Waals surface area contributed by atoms with Crippen LogP contribution in [0.3, 0.4) is 0 Å². The predicted octanol–water partition coefficient (Wildman–Crippen LogP) is 4.66. The maximum atomic E-state index is 11.2. The van der Waals surface area contributed by atoms with Gasteiger partial charge in [0.2, 0.25) is 0 Å². The Morgan fingerprint density at radius 2 is 2.20 bits per heavy atom. The van der Waals surface area contributed by atoms with Crippen molar-refractivity contribution >= 4 is 40.7 Å². The van der Waals surface area contributed by atoms with Crippen molar-refractivity contribution in [1.29, 1.82) is 0 Å². The summed E-state index contributed by atoms with van der Waals surface area (Å²) in [7, 11) is 0. The van der Waals surface area contributed by atoms with Crippen molar-refractivity contribution in [2.45, 2.75) is 29.4 Å². The first-order valence-corrected chi connectivity index (χ1v) is 8.43. The molecule has 0 spiro atoms. The van der Waals surface area contributed by atoms with E-state index in [-0.39, 0.29) is 0 Å². The SMILES string of the molecule is O=C(O)c1sc(CSc2ccccc2Cl)nc1C1CC1. The second kappa shape index (κ2) is 5.76. The molecule has 0 atom stereocenters. The molecule has 1 aliphatic rings. The van der Waals surface area contributed by atoms with Crippen LogP contribution in [0.5, 0.6) is 0 Å². The van der Waals surface area contributed by atoms with Crippen molar-refractivity contribution in [2.75, 3.05) is 0 Å². The van der Waals surface area contributed by atoms with Crippen molar-refractivity contribution in [3.05, 3.63) is 44.9 Å². The number of rotatable bonds is 5. The zero-order valence-corrected chi connectivity index (χ0v) is 12.9. The van der Waals surface area contributed by atoms with Gasteiger partial charge in [0, 0.05) is 10.8 Å². The monoisotopic (exact) mass is 325 g/mol. The van der Waals surface area contributed by atoms with Crippen molar-refractivity contribution < 1.29 is 9.90 Å². The van der Waals surface area contributed by atoms with Crippen molar-refractivity contribution in [1.82, 2.24) is 4.98 Å². The molecule has 0 amide bonds. The largest absolute Gasteiger partial charge is 0.477 e. The van der Waals surface area contributed by atoms with Crippen LogP contribution in [0.15, 0.2) is 29.2 Å². The molecule has 3 rings (SSSR count). The standard InChI is InChI=1S/C14H12ClNO2S2/c15-9-3-1-2-4-10(9)19-7-11-16-12(8-5-6-8)13(20-11)14(17)18/h1-4,8H,5-7H2,(H,17,18). The van der Waals surface area contributed by atoms with E-state index in [2.05, 4.69) is 4.98 Å². The Hall–Kier alpha value is -1.04. The Balaban J connectivity index is 1.76. The minimum absolute atomic E-state index is 0.358. The second-order valence-electron chi connectivity index (χ2n) is 4.62. The molecule has 3 nitrogen and oxygen atoms in total. The molecule has 0 unspecified atom stereocenters. The van der Waals surface area contributed by atoms with E-state index >= 15 is 0 Å². The molecule has 1 fully saturated rings. The van der Waals surface area contributed by atoms with Crippen molar-refractivity contribution in [2.24, 2.45) is 0 Å². The maximum absolute atomic E-state index is 11.2. The zero-order valence-electron chi connectivity index (χ0n) is 10.5. The van der Waals surface area contributed by atoms with Gasteiger partial charge in [0.1, 0.15) is 9.88 Å². The van der Waals surface area contributed by atoms with Crippen LogP contribution >= 0.6 is 34.7 Å². The lowest BCUT2D eigenvalue weighted by Crippen LogP contribution is -1.97. The van der Waals surface area contributed by atoms with Gasteiger partial charge in [0.15, 0.2) is 0 Å². The summed E-state index contributed by atoms with van der Waals surface area (Å²) in [6.45, 7) is 0. The molecular formula is C14H12ClNO2S2. The van der Waals surface area contributed by atoms with E-state index in [1.807, 2.05) is 24.3 Å². The van der Waals surface area contributed by atoms with E-state index in [1.54, 1.807) is 11.8 Å². The number of aromatic carboxylic acids is 1. The lowest BCUT2D eigenvalue weighted by Gasteiger charge is -2.01. The molecule has 0 aliphatic heterocycles. The number of thioether (sulfide) groups is 1. The number of hydrogen-bond acceptors (Lipinski definition) is 4. The number of thiazole rings is 1. The summed E-state index contributed by atoms with van der Waals surface area (Å²) in [5.41, 5.74) is 0.775. The number of hydrogen-bond donors (Lipinski definition) is 1. The number of carboxylic acids is 1. The third-order valence-electron chi connectivity index (χ3n) is 3.04. The van der Waals surface area contributed by atoms with Gasteiger partial charge in [-0.3, -0.25) is 0 Å². The molecule has 1 aromatic carbocycles. The van der Waals surface area contributed by atoms with Crippen LogP contribution in [0.25, 0.3) is 0 Å². The molecule has 1 heterocycles. The zero-order chi connectivity index (χ0) is 14.1. The number of carbonyl (C=O) groups is 1. The van der Waals surface area contributed by atoms with Gasteiger partial charge in [0.25, 0.3) is 0 Å². The quantitative estimate of drug-likeness (QED) is 0.812. The first-order valence-electron chi connectivity index (χ1n) is 6.25. The normalized spacial score (nSPS) is 14.4. The Bertz CT molecular complexity index is 652. The van der Waals surface area contributed by atoms with E-state index in [1.165, 1.54) is 11.3 Å². The summed E-state index contributed by atoms with van der Waals surface area (Å²) in [6, 6.07) is 7.64. The molecular weight excluding hydrogens is 314 g/mol. The fraction of sp³-hybridized carbons (Fsp3) is 0.286. The van der Waals surface area contributed by atoms with Crippen LogP contribution in [-0.2, 0) is 5.75 Å². The second-order valence-corrected chi connectivity index (χ2v) is 7.13. The molecule has 0 bridgehead atoms. The van der Waals surface area contributed by atoms with Crippen molar-refractivity contribution in [3.8, 4) is 0 Å². The Morgan fingerprint density at radius 1 is 1.45 bits per heavy atom. The average molecular weight is 326 g/mol. The summed E-state index contributed by atoms with van der Waals surface area (Å²) in [4.78, 5) is 17.1. The molecule has 2 aromatic rings. The minimum atomic E-state index is -0.863. The summed E-state index contributed by atoms with van der Waals surface area (Å²) in [5, 5.41) is 10.8.